The maximum Gasteiger partial charge on any atom is 0.329 e. The molecule has 0 saturated carbocycles. The van der Waals surface area contributed by atoms with Crippen LogP contribution in [0, 0.1) is 13.8 Å². The number of rotatable bonds is 5. The predicted molar refractivity (Wildman–Crippen MR) is 109 cm³/mol. The number of carbonyl (C=O) groups excluding carboxylic acids is 3. The van der Waals surface area contributed by atoms with Gasteiger partial charge in [0.1, 0.15) is 6.04 Å². The molecule has 0 unspecified atom stereocenters. The number of imide groups is 1. The lowest BCUT2D eigenvalue weighted by atomic mass is 10.2. The number of aromatic nitrogens is 1. The Labute approximate surface area is 168 Å². The maximum absolute atomic E-state index is 12.7. The number of aryl methyl sites for hydroxylation is 1. The molecule has 1 aliphatic rings. The summed E-state index contributed by atoms with van der Waals surface area (Å²) >= 11 is 0.842. The summed E-state index contributed by atoms with van der Waals surface area (Å²) in [5.41, 5.74) is 3.87. The van der Waals surface area contributed by atoms with E-state index in [0.717, 1.165) is 39.3 Å². The third kappa shape index (κ3) is 3.62. The Hall–Kier alpha value is -2.80. The van der Waals surface area contributed by atoms with Gasteiger partial charge in [0, 0.05) is 17.1 Å². The van der Waals surface area contributed by atoms with Gasteiger partial charge in [0.2, 0.25) is 0 Å². The number of carbonyl (C=O) groups is 3. The topological polar surface area (TPSA) is 68.6 Å². The minimum absolute atomic E-state index is 0.195. The minimum Gasteiger partial charge on any atom is -0.464 e. The summed E-state index contributed by atoms with van der Waals surface area (Å²) < 4.78 is 7.03. The summed E-state index contributed by atoms with van der Waals surface area (Å²) in [5.74, 6) is -1.06. The molecular weight excluding hydrogens is 376 g/mol. The second-order valence-electron chi connectivity index (χ2n) is 6.48. The monoisotopic (exact) mass is 398 g/mol. The molecule has 0 N–H and O–H groups in total. The van der Waals surface area contributed by atoms with Gasteiger partial charge in [-0.3, -0.25) is 14.5 Å². The molecule has 1 aliphatic heterocycles. The molecule has 2 aromatic rings. The smallest absolute Gasteiger partial charge is 0.329 e. The van der Waals surface area contributed by atoms with Gasteiger partial charge < -0.3 is 9.30 Å². The van der Waals surface area contributed by atoms with Crippen molar-refractivity contribution < 1.29 is 19.1 Å². The largest absolute Gasteiger partial charge is 0.464 e. The number of para-hydroxylation sites is 1. The molecule has 0 bridgehead atoms. The fraction of sp³-hybridized carbons (Fsp3) is 0.286. The van der Waals surface area contributed by atoms with E-state index in [0.29, 0.717) is 4.91 Å². The zero-order valence-corrected chi connectivity index (χ0v) is 17.1. The second-order valence-corrected chi connectivity index (χ2v) is 7.47. The summed E-state index contributed by atoms with van der Waals surface area (Å²) in [6.07, 6.45) is 1.71. The highest BCUT2D eigenvalue weighted by Crippen LogP contribution is 2.35. The lowest BCUT2D eigenvalue weighted by Crippen LogP contribution is -2.42. The van der Waals surface area contributed by atoms with E-state index in [9.17, 15) is 14.4 Å². The minimum atomic E-state index is -0.949. The molecule has 1 aromatic heterocycles. The Morgan fingerprint density at radius 1 is 1.21 bits per heavy atom. The van der Waals surface area contributed by atoms with Crippen molar-refractivity contribution in [1.29, 1.82) is 0 Å². The van der Waals surface area contributed by atoms with Crippen molar-refractivity contribution in [2.24, 2.45) is 0 Å². The van der Waals surface area contributed by atoms with Crippen molar-refractivity contribution in [3.63, 3.8) is 0 Å². The van der Waals surface area contributed by atoms with Crippen LogP contribution < -0.4 is 0 Å². The van der Waals surface area contributed by atoms with Crippen molar-refractivity contribution in [3.8, 4) is 5.69 Å². The van der Waals surface area contributed by atoms with Crippen LogP contribution in [0.5, 0.6) is 0 Å². The first-order valence-corrected chi connectivity index (χ1v) is 9.84. The second kappa shape index (κ2) is 8.06. The van der Waals surface area contributed by atoms with Gasteiger partial charge in [0.15, 0.2) is 0 Å². The van der Waals surface area contributed by atoms with Crippen LogP contribution in [0.4, 0.5) is 4.79 Å². The zero-order valence-electron chi connectivity index (χ0n) is 16.3. The molecule has 3 rings (SSSR count). The van der Waals surface area contributed by atoms with E-state index in [1.165, 1.54) is 6.92 Å². The molecule has 1 atom stereocenters. The summed E-state index contributed by atoms with van der Waals surface area (Å²) in [6.45, 7) is 7.34. The van der Waals surface area contributed by atoms with Crippen LogP contribution in [-0.2, 0) is 14.3 Å². The Morgan fingerprint density at radius 3 is 2.54 bits per heavy atom. The van der Waals surface area contributed by atoms with Gasteiger partial charge in [-0.1, -0.05) is 18.2 Å². The fourth-order valence-corrected chi connectivity index (χ4v) is 4.13. The van der Waals surface area contributed by atoms with Gasteiger partial charge >= 0.3 is 5.97 Å². The molecule has 1 fully saturated rings. The van der Waals surface area contributed by atoms with Gasteiger partial charge in [-0.15, -0.1) is 0 Å². The predicted octanol–water partition coefficient (Wildman–Crippen LogP) is 4.08. The van der Waals surface area contributed by atoms with Crippen LogP contribution in [0.25, 0.3) is 11.8 Å². The highest BCUT2D eigenvalue weighted by Gasteiger charge is 2.41. The van der Waals surface area contributed by atoms with E-state index >= 15 is 0 Å². The average Bonchev–Trinajstić information content (AvgIpc) is 3.10. The maximum atomic E-state index is 12.7. The Bertz CT molecular complexity index is 962. The molecule has 146 valence electrons. The molecule has 1 aromatic carbocycles. The van der Waals surface area contributed by atoms with Gasteiger partial charge in [-0.05, 0) is 69.3 Å². The normalized spacial score (nSPS) is 16.7. The van der Waals surface area contributed by atoms with Crippen molar-refractivity contribution in [1.82, 2.24) is 9.47 Å². The number of nitrogens with zero attached hydrogens (tertiary/aromatic N) is 2. The molecule has 6 nitrogen and oxygen atoms in total. The Kier molecular flexibility index (Phi) is 5.74. The third-order valence-electron chi connectivity index (χ3n) is 4.61. The van der Waals surface area contributed by atoms with Gasteiger partial charge in [0.05, 0.1) is 11.5 Å². The number of thioether (sulfide) groups is 1. The first-order valence-electron chi connectivity index (χ1n) is 9.03. The van der Waals surface area contributed by atoms with Gasteiger partial charge in [-0.2, -0.15) is 0 Å². The first kappa shape index (κ1) is 19.9. The molecule has 28 heavy (non-hydrogen) atoms. The Morgan fingerprint density at radius 2 is 1.89 bits per heavy atom. The van der Waals surface area contributed by atoms with E-state index < -0.39 is 23.2 Å². The summed E-state index contributed by atoms with van der Waals surface area (Å²) in [6, 6.07) is 10.9. The summed E-state index contributed by atoms with van der Waals surface area (Å²) in [5, 5.41) is -0.464. The number of hydrogen-bond donors (Lipinski definition) is 0. The standard InChI is InChI=1S/C21H22N2O4S/c1-5-27-20(25)15(4)23-19(24)18(28-21(23)26)12-16-11-13(2)22(14(16)3)17-9-7-6-8-10-17/h6-12,15H,5H2,1-4H3/b18-12+/t15-/m1/s1. The lowest BCUT2D eigenvalue weighted by molar-refractivity contribution is -0.150. The average molecular weight is 398 g/mol. The van der Waals surface area contributed by atoms with Crippen LogP contribution >= 0.6 is 11.8 Å². The van der Waals surface area contributed by atoms with E-state index in [4.69, 9.17) is 4.74 Å². The van der Waals surface area contributed by atoms with E-state index in [-0.39, 0.29) is 6.61 Å². The van der Waals surface area contributed by atoms with Crippen LogP contribution in [0.15, 0.2) is 41.3 Å². The van der Waals surface area contributed by atoms with E-state index in [2.05, 4.69) is 4.57 Å². The van der Waals surface area contributed by atoms with E-state index in [1.807, 2.05) is 50.2 Å². The van der Waals surface area contributed by atoms with Crippen LogP contribution in [0.1, 0.15) is 30.8 Å². The Balaban J connectivity index is 1.92. The van der Waals surface area contributed by atoms with Crippen LogP contribution in [0.2, 0.25) is 0 Å². The molecule has 0 radical (unpaired) electrons. The quantitative estimate of drug-likeness (QED) is 0.561. The molecule has 2 amide bonds. The number of ether oxygens (including phenoxy) is 1. The van der Waals surface area contributed by atoms with Crippen LogP contribution in [-0.4, -0.2) is 39.2 Å². The van der Waals surface area contributed by atoms with Gasteiger partial charge in [-0.25, -0.2) is 4.79 Å². The number of benzene rings is 1. The number of amides is 2. The molecule has 0 aliphatic carbocycles. The van der Waals surface area contributed by atoms with Gasteiger partial charge in [0.25, 0.3) is 11.1 Å². The van der Waals surface area contributed by atoms with Crippen molar-refractivity contribution in [2.75, 3.05) is 6.61 Å². The summed E-state index contributed by atoms with van der Waals surface area (Å²) in [4.78, 5) is 38.3. The fourth-order valence-electron chi connectivity index (χ4n) is 3.23. The molecule has 2 heterocycles. The van der Waals surface area contributed by atoms with Crippen molar-refractivity contribution in [3.05, 3.63) is 58.3 Å². The zero-order chi connectivity index (χ0) is 20.4. The SMILES string of the molecule is CCOC(=O)[C@@H](C)N1C(=O)S/C(=C/c2cc(C)n(-c3ccccc3)c2C)C1=O. The van der Waals surface area contributed by atoms with Crippen LogP contribution in [0.3, 0.4) is 0 Å². The highest BCUT2D eigenvalue weighted by molar-refractivity contribution is 8.18. The third-order valence-corrected chi connectivity index (χ3v) is 5.49. The first-order chi connectivity index (χ1) is 13.3. The van der Waals surface area contributed by atoms with Crippen molar-refractivity contribution in [2.45, 2.75) is 33.7 Å². The highest BCUT2D eigenvalue weighted by atomic mass is 32.2. The van der Waals surface area contributed by atoms with E-state index in [1.54, 1.807) is 13.0 Å². The molecule has 7 heteroatoms. The lowest BCUT2D eigenvalue weighted by Gasteiger charge is -2.19. The molecular formula is C21H22N2O4S. The van der Waals surface area contributed by atoms with Crippen molar-refractivity contribution >= 4 is 35.0 Å². The molecule has 1 saturated heterocycles. The number of hydrogen-bond acceptors (Lipinski definition) is 5. The number of esters is 1. The summed E-state index contributed by atoms with van der Waals surface area (Å²) in [7, 11) is 0. The molecule has 0 spiro atoms.